The summed E-state index contributed by atoms with van der Waals surface area (Å²) in [5.41, 5.74) is -0.917. The molecule has 108 valence electrons. The lowest BCUT2D eigenvalue weighted by Crippen LogP contribution is -2.39. The summed E-state index contributed by atoms with van der Waals surface area (Å²) in [5.74, 6) is -0.162. The molecule has 5 nitrogen and oxygen atoms in total. The molecule has 0 unspecified atom stereocenters. The molecule has 0 amide bonds. The number of hydrogen-bond donors (Lipinski definition) is 1. The zero-order valence-corrected chi connectivity index (χ0v) is 11.3. The third-order valence-corrected chi connectivity index (χ3v) is 2.75. The largest absolute Gasteiger partial charge is 0.374 e. The van der Waals surface area contributed by atoms with Gasteiger partial charge in [-0.3, -0.25) is 14.3 Å². The van der Waals surface area contributed by atoms with E-state index in [0.29, 0.717) is 0 Å². The van der Waals surface area contributed by atoms with Crippen LogP contribution in [-0.2, 0) is 11.3 Å². The van der Waals surface area contributed by atoms with Crippen molar-refractivity contribution in [1.82, 2.24) is 9.55 Å². The second-order valence-corrected chi connectivity index (χ2v) is 4.61. The number of alkyl halides is 2. The smallest absolute Gasteiger partial charge is 0.329 e. The number of ether oxygens (including phenoxy) is 1. The van der Waals surface area contributed by atoms with Crippen LogP contribution in [0.1, 0.15) is 25.3 Å². The number of aromatic amines is 1. The predicted molar refractivity (Wildman–Crippen MR) is 67.2 cm³/mol. The second-order valence-electron chi connectivity index (χ2n) is 4.24. The number of nitrogens with one attached hydrogen (secondary N) is 1. The Morgan fingerprint density at radius 1 is 1.37 bits per heavy atom. The normalized spacial score (nSPS) is 11.5. The minimum Gasteiger partial charge on any atom is -0.374 e. The monoisotopic (exact) mass is 296 g/mol. The molecule has 0 aromatic carbocycles. The first kappa shape index (κ1) is 15.8. The molecule has 0 saturated carbocycles. The van der Waals surface area contributed by atoms with Gasteiger partial charge in [0.05, 0.1) is 18.7 Å². The summed E-state index contributed by atoms with van der Waals surface area (Å²) in [5, 5.41) is 0.00903. The van der Waals surface area contributed by atoms with Crippen molar-refractivity contribution in [2.45, 2.75) is 32.7 Å². The summed E-state index contributed by atoms with van der Waals surface area (Å²) >= 11 is 5.81. The summed E-state index contributed by atoms with van der Waals surface area (Å²) in [6.07, 6.45) is -2.58. The Balaban J connectivity index is 2.93. The number of rotatable bonds is 6. The van der Waals surface area contributed by atoms with Gasteiger partial charge in [0.1, 0.15) is 11.8 Å². The maximum absolute atomic E-state index is 12.0. The molecule has 19 heavy (non-hydrogen) atoms. The third-order valence-electron chi connectivity index (χ3n) is 2.45. The van der Waals surface area contributed by atoms with Crippen molar-refractivity contribution in [2.75, 3.05) is 13.2 Å². The Labute approximate surface area is 113 Å². The Morgan fingerprint density at radius 3 is 2.53 bits per heavy atom. The van der Waals surface area contributed by atoms with Crippen LogP contribution in [0.4, 0.5) is 8.78 Å². The topological polar surface area (TPSA) is 64.1 Å². The van der Waals surface area contributed by atoms with Gasteiger partial charge in [-0.25, -0.2) is 13.6 Å². The van der Waals surface area contributed by atoms with Crippen molar-refractivity contribution in [3.63, 3.8) is 0 Å². The second kappa shape index (κ2) is 6.81. The van der Waals surface area contributed by atoms with Crippen LogP contribution in [0.2, 0.25) is 5.15 Å². The van der Waals surface area contributed by atoms with E-state index in [1.807, 2.05) is 0 Å². The first-order valence-electron chi connectivity index (χ1n) is 5.73. The van der Waals surface area contributed by atoms with Crippen LogP contribution in [0.5, 0.6) is 0 Å². The molecular weight excluding hydrogens is 282 g/mol. The van der Waals surface area contributed by atoms with Gasteiger partial charge >= 0.3 is 5.69 Å². The van der Waals surface area contributed by atoms with Gasteiger partial charge in [-0.05, 0) is 5.92 Å². The van der Waals surface area contributed by atoms with Gasteiger partial charge < -0.3 is 4.74 Å². The van der Waals surface area contributed by atoms with Gasteiger partial charge in [0, 0.05) is 0 Å². The molecule has 1 N–H and O–H groups in total. The highest BCUT2D eigenvalue weighted by Crippen LogP contribution is 2.16. The maximum atomic E-state index is 12.0. The van der Waals surface area contributed by atoms with Crippen molar-refractivity contribution >= 4 is 11.6 Å². The highest BCUT2D eigenvalue weighted by molar-refractivity contribution is 6.30. The molecule has 1 heterocycles. The van der Waals surface area contributed by atoms with E-state index in [0.717, 1.165) is 4.57 Å². The highest BCUT2D eigenvalue weighted by atomic mass is 35.5. The summed E-state index contributed by atoms with van der Waals surface area (Å²) in [4.78, 5) is 26.0. The van der Waals surface area contributed by atoms with Crippen LogP contribution in [0.15, 0.2) is 9.59 Å². The Bertz CT molecular complexity index is 540. The van der Waals surface area contributed by atoms with E-state index in [4.69, 9.17) is 11.6 Å². The van der Waals surface area contributed by atoms with Gasteiger partial charge in [-0.2, -0.15) is 0 Å². The molecule has 1 aromatic rings. The van der Waals surface area contributed by atoms with E-state index in [1.54, 1.807) is 13.8 Å². The summed E-state index contributed by atoms with van der Waals surface area (Å²) in [6.45, 7) is 2.55. The van der Waals surface area contributed by atoms with Gasteiger partial charge in [0.25, 0.3) is 12.0 Å². The number of hydrogen-bond acceptors (Lipinski definition) is 3. The first-order chi connectivity index (χ1) is 8.84. The average molecular weight is 297 g/mol. The van der Waals surface area contributed by atoms with Gasteiger partial charge in [-0.15, -0.1) is 0 Å². The lowest BCUT2D eigenvalue weighted by atomic mass is 10.1. The van der Waals surface area contributed by atoms with Crippen molar-refractivity contribution in [1.29, 1.82) is 0 Å². The summed E-state index contributed by atoms with van der Waals surface area (Å²) < 4.78 is 29.3. The lowest BCUT2D eigenvalue weighted by molar-refractivity contribution is 0.0142. The van der Waals surface area contributed by atoms with Crippen LogP contribution in [-0.4, -0.2) is 29.2 Å². The van der Waals surface area contributed by atoms with Crippen LogP contribution >= 0.6 is 11.6 Å². The average Bonchev–Trinajstić information content (AvgIpc) is 2.26. The minimum absolute atomic E-state index is 0.00903. The number of nitrogens with zero attached hydrogens (tertiary/aromatic N) is 1. The van der Waals surface area contributed by atoms with E-state index in [1.165, 1.54) is 0 Å². The van der Waals surface area contributed by atoms with E-state index in [-0.39, 0.29) is 29.8 Å². The molecule has 0 radical (unpaired) electrons. The van der Waals surface area contributed by atoms with Crippen LogP contribution < -0.4 is 11.2 Å². The first-order valence-corrected chi connectivity index (χ1v) is 6.10. The van der Waals surface area contributed by atoms with Crippen LogP contribution in [0.3, 0.4) is 0 Å². The third kappa shape index (κ3) is 4.14. The number of halogens is 3. The van der Waals surface area contributed by atoms with Crippen molar-refractivity contribution in [2.24, 2.45) is 0 Å². The fourth-order valence-electron chi connectivity index (χ4n) is 1.59. The molecule has 0 bridgehead atoms. The molecule has 1 rings (SSSR count). The van der Waals surface area contributed by atoms with Gasteiger partial charge in [-0.1, -0.05) is 25.4 Å². The number of H-pyrrole nitrogens is 1. The van der Waals surface area contributed by atoms with Gasteiger partial charge in [0.2, 0.25) is 0 Å². The van der Waals surface area contributed by atoms with E-state index >= 15 is 0 Å². The molecular formula is C11H15ClF2N2O3. The Hall–Kier alpha value is -1.21. The molecule has 0 spiro atoms. The maximum Gasteiger partial charge on any atom is 0.329 e. The zero-order valence-electron chi connectivity index (χ0n) is 10.6. The Morgan fingerprint density at radius 2 is 2.00 bits per heavy atom. The lowest BCUT2D eigenvalue weighted by Gasteiger charge is -2.11. The van der Waals surface area contributed by atoms with E-state index in [9.17, 15) is 18.4 Å². The molecule has 0 aliphatic rings. The zero-order chi connectivity index (χ0) is 14.6. The van der Waals surface area contributed by atoms with E-state index < -0.39 is 24.3 Å². The Kier molecular flexibility index (Phi) is 5.68. The molecule has 8 heteroatoms. The molecule has 0 aliphatic carbocycles. The SMILES string of the molecule is CC(C)c1c(Cl)[nH]c(=O)n(CCOCC(F)F)c1=O. The van der Waals surface area contributed by atoms with Crippen LogP contribution in [0, 0.1) is 0 Å². The number of aromatic nitrogens is 2. The summed E-state index contributed by atoms with van der Waals surface area (Å²) in [6, 6.07) is 0. The van der Waals surface area contributed by atoms with Crippen LogP contribution in [0.25, 0.3) is 0 Å². The fraction of sp³-hybridized carbons (Fsp3) is 0.636. The standard InChI is InChI=1S/C11H15ClF2N2O3/c1-6(2)8-9(12)15-11(18)16(10(8)17)3-4-19-5-7(13)14/h6-7H,3-5H2,1-2H3,(H,15,18). The van der Waals surface area contributed by atoms with Gasteiger partial charge in [0.15, 0.2) is 0 Å². The molecule has 0 fully saturated rings. The van der Waals surface area contributed by atoms with Crippen molar-refractivity contribution in [3.05, 3.63) is 31.6 Å². The van der Waals surface area contributed by atoms with Crippen molar-refractivity contribution < 1.29 is 13.5 Å². The van der Waals surface area contributed by atoms with Crippen molar-refractivity contribution in [3.8, 4) is 0 Å². The molecule has 1 aromatic heterocycles. The predicted octanol–water partition coefficient (Wildman–Crippen LogP) is 1.60. The molecule has 0 saturated heterocycles. The summed E-state index contributed by atoms with van der Waals surface area (Å²) in [7, 11) is 0. The molecule has 0 atom stereocenters. The highest BCUT2D eigenvalue weighted by Gasteiger charge is 2.15. The fourth-order valence-corrected chi connectivity index (χ4v) is 1.97. The minimum atomic E-state index is -2.58. The molecule has 0 aliphatic heterocycles. The van der Waals surface area contributed by atoms with E-state index in [2.05, 4.69) is 9.72 Å². The quantitative estimate of drug-likeness (QED) is 0.640.